The zero-order chi connectivity index (χ0) is 16.0. The number of hydrogen-bond donors (Lipinski definition) is 1. The van der Waals surface area contributed by atoms with Gasteiger partial charge in [0.1, 0.15) is 6.61 Å². The van der Waals surface area contributed by atoms with Crippen LogP contribution < -0.4 is 14.2 Å². The second-order valence-electron chi connectivity index (χ2n) is 5.53. The number of likely N-dealkylation sites (tertiary alicyclic amines) is 1. The summed E-state index contributed by atoms with van der Waals surface area (Å²) in [5, 5.41) is 0. The first kappa shape index (κ1) is 17.1. The van der Waals surface area contributed by atoms with E-state index in [1.54, 1.807) is 7.11 Å². The number of ether oxygens (including phenoxy) is 2. The van der Waals surface area contributed by atoms with Crippen LogP contribution in [-0.2, 0) is 10.0 Å². The van der Waals surface area contributed by atoms with Gasteiger partial charge < -0.3 is 9.47 Å². The van der Waals surface area contributed by atoms with Crippen molar-refractivity contribution in [2.75, 3.05) is 39.6 Å². The molecule has 0 spiro atoms. The monoisotopic (exact) mass is 328 g/mol. The number of sulfonamides is 1. The van der Waals surface area contributed by atoms with Crippen LogP contribution in [0.3, 0.4) is 0 Å². The van der Waals surface area contributed by atoms with Crippen LogP contribution in [0.2, 0.25) is 0 Å². The second kappa shape index (κ2) is 7.80. The molecule has 0 amide bonds. The summed E-state index contributed by atoms with van der Waals surface area (Å²) in [6, 6.07) is 7.54. The van der Waals surface area contributed by atoms with Crippen molar-refractivity contribution in [2.24, 2.45) is 0 Å². The average molecular weight is 328 g/mol. The highest BCUT2D eigenvalue weighted by atomic mass is 32.2. The minimum atomic E-state index is -3.14. The molecule has 1 fully saturated rings. The summed E-state index contributed by atoms with van der Waals surface area (Å²) in [4.78, 5) is 2.22. The molecule has 1 aliphatic heterocycles. The molecular formula is C15H24N2O4S. The largest absolute Gasteiger partial charge is 0.493 e. The maximum absolute atomic E-state index is 11.3. The molecular weight excluding hydrogens is 304 g/mol. The molecule has 1 heterocycles. The summed E-state index contributed by atoms with van der Waals surface area (Å²) in [5.74, 6) is 1.45. The second-order valence-corrected chi connectivity index (χ2v) is 7.31. The Hall–Kier alpha value is -1.31. The van der Waals surface area contributed by atoms with Crippen molar-refractivity contribution < 1.29 is 17.9 Å². The third kappa shape index (κ3) is 5.47. The van der Waals surface area contributed by atoms with Gasteiger partial charge in [-0.1, -0.05) is 12.1 Å². The molecule has 1 N–H and O–H groups in total. The third-order valence-corrected chi connectivity index (χ3v) is 4.38. The van der Waals surface area contributed by atoms with Gasteiger partial charge in [-0.15, -0.1) is 0 Å². The third-order valence-electron chi connectivity index (χ3n) is 3.62. The van der Waals surface area contributed by atoms with Gasteiger partial charge in [0, 0.05) is 19.1 Å². The quantitative estimate of drug-likeness (QED) is 0.811. The minimum absolute atomic E-state index is 0.00462. The number of benzene rings is 1. The SMILES string of the molecule is COc1ccccc1OCCN1CCCC(NS(C)(=O)=O)C1. The fraction of sp³-hybridized carbons (Fsp3) is 0.600. The van der Waals surface area contributed by atoms with Gasteiger partial charge in [0.15, 0.2) is 11.5 Å². The zero-order valence-electron chi connectivity index (χ0n) is 13.1. The molecule has 1 aromatic carbocycles. The molecule has 124 valence electrons. The molecule has 1 aromatic rings. The van der Waals surface area contributed by atoms with Crippen molar-refractivity contribution in [1.82, 2.24) is 9.62 Å². The van der Waals surface area contributed by atoms with E-state index in [0.717, 1.165) is 44.0 Å². The van der Waals surface area contributed by atoms with Gasteiger partial charge >= 0.3 is 0 Å². The highest BCUT2D eigenvalue weighted by Gasteiger charge is 2.22. The van der Waals surface area contributed by atoms with Crippen LogP contribution in [0, 0.1) is 0 Å². The van der Waals surface area contributed by atoms with E-state index in [1.807, 2.05) is 24.3 Å². The lowest BCUT2D eigenvalue weighted by Gasteiger charge is -2.32. The standard InChI is InChI=1S/C15H24N2O4S/c1-20-14-7-3-4-8-15(14)21-11-10-17-9-5-6-13(12-17)16-22(2,18)19/h3-4,7-8,13,16H,5-6,9-12H2,1-2H3. The van der Waals surface area contributed by atoms with E-state index in [2.05, 4.69) is 9.62 Å². The molecule has 0 saturated carbocycles. The molecule has 0 aliphatic carbocycles. The Bertz CT molecular complexity index is 577. The van der Waals surface area contributed by atoms with Crippen LogP contribution in [0.25, 0.3) is 0 Å². The van der Waals surface area contributed by atoms with E-state index >= 15 is 0 Å². The summed E-state index contributed by atoms with van der Waals surface area (Å²) >= 11 is 0. The van der Waals surface area contributed by atoms with Gasteiger partial charge in [-0.3, -0.25) is 4.90 Å². The smallest absolute Gasteiger partial charge is 0.208 e. The first-order valence-corrected chi connectivity index (χ1v) is 9.32. The van der Waals surface area contributed by atoms with Crippen LogP contribution in [0.1, 0.15) is 12.8 Å². The lowest BCUT2D eigenvalue weighted by atomic mass is 10.1. The predicted molar refractivity (Wildman–Crippen MR) is 85.9 cm³/mol. The molecule has 0 bridgehead atoms. The van der Waals surface area contributed by atoms with E-state index in [0.29, 0.717) is 6.61 Å². The summed E-state index contributed by atoms with van der Waals surface area (Å²) < 4.78 is 36.3. The molecule has 1 atom stereocenters. The van der Waals surface area contributed by atoms with Gasteiger partial charge in [0.05, 0.1) is 13.4 Å². The number of rotatable bonds is 7. The van der Waals surface area contributed by atoms with Crippen LogP contribution >= 0.6 is 0 Å². The van der Waals surface area contributed by atoms with Crippen LogP contribution in [0.15, 0.2) is 24.3 Å². The number of nitrogens with one attached hydrogen (secondary N) is 1. The van der Waals surface area contributed by atoms with E-state index in [9.17, 15) is 8.42 Å². The predicted octanol–water partition coefficient (Wildman–Crippen LogP) is 1.09. The maximum atomic E-state index is 11.3. The Balaban J connectivity index is 1.79. The molecule has 1 unspecified atom stereocenters. The highest BCUT2D eigenvalue weighted by Crippen LogP contribution is 2.25. The van der Waals surface area contributed by atoms with E-state index in [4.69, 9.17) is 9.47 Å². The first-order valence-electron chi connectivity index (χ1n) is 7.43. The number of piperidine rings is 1. The highest BCUT2D eigenvalue weighted by molar-refractivity contribution is 7.88. The maximum Gasteiger partial charge on any atom is 0.208 e. The Morgan fingerprint density at radius 2 is 2.05 bits per heavy atom. The molecule has 7 heteroatoms. The lowest BCUT2D eigenvalue weighted by molar-refractivity contribution is 0.164. The molecule has 1 saturated heterocycles. The first-order chi connectivity index (χ1) is 10.5. The van der Waals surface area contributed by atoms with E-state index in [-0.39, 0.29) is 6.04 Å². The van der Waals surface area contributed by atoms with Crippen molar-refractivity contribution in [1.29, 1.82) is 0 Å². The summed E-state index contributed by atoms with van der Waals surface area (Å²) in [7, 11) is -1.52. The van der Waals surface area contributed by atoms with Crippen LogP contribution in [-0.4, -0.2) is 59.0 Å². The Morgan fingerprint density at radius 1 is 1.32 bits per heavy atom. The number of nitrogens with zero attached hydrogens (tertiary/aromatic N) is 1. The summed E-state index contributed by atoms with van der Waals surface area (Å²) in [6.07, 6.45) is 3.08. The molecule has 0 aromatic heterocycles. The Labute approximate surface area is 132 Å². The number of hydrogen-bond acceptors (Lipinski definition) is 5. The molecule has 1 aliphatic rings. The fourth-order valence-corrected chi connectivity index (χ4v) is 3.48. The van der Waals surface area contributed by atoms with Crippen LogP contribution in [0.4, 0.5) is 0 Å². The van der Waals surface area contributed by atoms with Crippen molar-refractivity contribution in [3.63, 3.8) is 0 Å². The van der Waals surface area contributed by atoms with Gasteiger partial charge in [-0.2, -0.15) is 0 Å². The normalized spacial score (nSPS) is 19.8. The Kier molecular flexibility index (Phi) is 6.05. The molecule has 0 radical (unpaired) electrons. The van der Waals surface area contributed by atoms with Crippen LogP contribution in [0.5, 0.6) is 11.5 Å². The van der Waals surface area contributed by atoms with Crippen molar-refractivity contribution >= 4 is 10.0 Å². The molecule has 2 rings (SSSR count). The topological polar surface area (TPSA) is 67.9 Å². The van der Waals surface area contributed by atoms with E-state index in [1.165, 1.54) is 6.26 Å². The molecule has 6 nitrogen and oxygen atoms in total. The van der Waals surface area contributed by atoms with Gasteiger partial charge in [-0.05, 0) is 31.5 Å². The lowest BCUT2D eigenvalue weighted by Crippen LogP contribution is -2.48. The fourth-order valence-electron chi connectivity index (χ4n) is 2.68. The zero-order valence-corrected chi connectivity index (χ0v) is 13.9. The molecule has 22 heavy (non-hydrogen) atoms. The van der Waals surface area contributed by atoms with Gasteiger partial charge in [0.2, 0.25) is 10.0 Å². The van der Waals surface area contributed by atoms with Crippen molar-refractivity contribution in [3.05, 3.63) is 24.3 Å². The summed E-state index contributed by atoms with van der Waals surface area (Å²) in [6.45, 7) is 3.01. The van der Waals surface area contributed by atoms with Gasteiger partial charge in [-0.25, -0.2) is 13.1 Å². The Morgan fingerprint density at radius 3 is 2.73 bits per heavy atom. The van der Waals surface area contributed by atoms with Crippen molar-refractivity contribution in [2.45, 2.75) is 18.9 Å². The summed E-state index contributed by atoms with van der Waals surface area (Å²) in [5.41, 5.74) is 0. The number of para-hydroxylation sites is 2. The van der Waals surface area contributed by atoms with Crippen molar-refractivity contribution in [3.8, 4) is 11.5 Å². The van der Waals surface area contributed by atoms with E-state index < -0.39 is 10.0 Å². The number of methoxy groups -OCH3 is 1. The minimum Gasteiger partial charge on any atom is -0.493 e. The van der Waals surface area contributed by atoms with Gasteiger partial charge in [0.25, 0.3) is 0 Å². The average Bonchev–Trinajstić information content (AvgIpc) is 2.46.